The third kappa shape index (κ3) is 46.7. The summed E-state index contributed by atoms with van der Waals surface area (Å²) in [6.45, 7) is 6.56. The maximum atomic E-state index is 12.8. The molecule has 0 fully saturated rings. The quantitative estimate of drug-likeness (QED) is 0.0263. The summed E-state index contributed by atoms with van der Waals surface area (Å²) < 4.78 is 16.8. The van der Waals surface area contributed by atoms with Crippen molar-refractivity contribution in [3.8, 4) is 0 Å². The van der Waals surface area contributed by atoms with E-state index < -0.39 is 6.10 Å². The molecule has 0 spiro atoms. The largest absolute Gasteiger partial charge is 0.462 e. The molecule has 0 N–H and O–H groups in total. The first-order chi connectivity index (χ1) is 29.5. The summed E-state index contributed by atoms with van der Waals surface area (Å²) in [5.74, 6) is -0.884. The first-order valence-electron chi connectivity index (χ1n) is 26.0. The van der Waals surface area contributed by atoms with Gasteiger partial charge in [0.2, 0.25) is 0 Å². The van der Waals surface area contributed by atoms with Gasteiger partial charge in [0.15, 0.2) is 6.10 Å². The van der Waals surface area contributed by atoms with Crippen LogP contribution in [0.4, 0.5) is 0 Å². The molecule has 1 atom stereocenters. The van der Waals surface area contributed by atoms with E-state index >= 15 is 0 Å². The summed E-state index contributed by atoms with van der Waals surface area (Å²) in [5, 5.41) is 0. The number of carbonyl (C=O) groups is 3. The summed E-state index contributed by atoms with van der Waals surface area (Å²) in [7, 11) is 0. The minimum Gasteiger partial charge on any atom is -0.462 e. The van der Waals surface area contributed by atoms with E-state index in [0.717, 1.165) is 83.5 Å². The molecule has 60 heavy (non-hydrogen) atoms. The van der Waals surface area contributed by atoms with Crippen molar-refractivity contribution in [3.05, 3.63) is 36.5 Å². The Kier molecular flexibility index (Phi) is 47.3. The van der Waals surface area contributed by atoms with Crippen molar-refractivity contribution in [2.24, 2.45) is 0 Å². The molecule has 0 radical (unpaired) electrons. The van der Waals surface area contributed by atoms with E-state index in [1.807, 2.05) is 0 Å². The van der Waals surface area contributed by atoms with Crippen LogP contribution in [0.3, 0.4) is 0 Å². The van der Waals surface area contributed by atoms with Crippen LogP contribution in [-0.2, 0) is 28.6 Å². The van der Waals surface area contributed by atoms with E-state index in [2.05, 4.69) is 57.2 Å². The van der Waals surface area contributed by atoms with Gasteiger partial charge in [-0.25, -0.2) is 0 Å². The molecule has 0 bridgehead atoms. The highest BCUT2D eigenvalue weighted by Crippen LogP contribution is 2.16. The Hall–Kier alpha value is -2.37. The van der Waals surface area contributed by atoms with Crippen LogP contribution in [0.25, 0.3) is 0 Å². The number of hydrogen-bond acceptors (Lipinski definition) is 6. The molecule has 0 rings (SSSR count). The van der Waals surface area contributed by atoms with Gasteiger partial charge in [0.1, 0.15) is 13.2 Å². The van der Waals surface area contributed by atoms with E-state index in [4.69, 9.17) is 14.2 Å². The number of hydrogen-bond donors (Lipinski definition) is 0. The van der Waals surface area contributed by atoms with Crippen LogP contribution >= 0.6 is 0 Å². The first-order valence-corrected chi connectivity index (χ1v) is 26.0. The van der Waals surface area contributed by atoms with Crippen molar-refractivity contribution in [1.82, 2.24) is 0 Å². The summed E-state index contributed by atoms with van der Waals surface area (Å²) in [6.07, 6.45) is 57.0. The maximum absolute atomic E-state index is 12.8. The Balaban J connectivity index is 4.33. The number of allylic oxidation sites excluding steroid dienone is 6. The van der Waals surface area contributed by atoms with Gasteiger partial charge >= 0.3 is 17.9 Å². The van der Waals surface area contributed by atoms with Crippen molar-refractivity contribution < 1.29 is 28.6 Å². The number of esters is 3. The SMILES string of the molecule is CCC/C=C\CCCCCCCC(=O)OCC(COC(=O)CCCCCCCCC/C=C\C/C=C\CCCCC)OC(=O)CCCCCCCCCCCCCCCCC. The lowest BCUT2D eigenvalue weighted by Gasteiger charge is -2.18. The van der Waals surface area contributed by atoms with Crippen molar-refractivity contribution >= 4 is 17.9 Å². The molecule has 0 heterocycles. The van der Waals surface area contributed by atoms with Crippen LogP contribution in [0.5, 0.6) is 0 Å². The molecule has 0 aliphatic rings. The van der Waals surface area contributed by atoms with E-state index in [-0.39, 0.29) is 31.1 Å². The zero-order chi connectivity index (χ0) is 43.7. The molecule has 0 aromatic heterocycles. The Morgan fingerprint density at radius 2 is 0.633 bits per heavy atom. The van der Waals surface area contributed by atoms with Crippen molar-refractivity contribution in [2.75, 3.05) is 13.2 Å². The molecule has 0 aromatic rings. The molecule has 1 unspecified atom stereocenters. The zero-order valence-electron chi connectivity index (χ0n) is 40.0. The van der Waals surface area contributed by atoms with Gasteiger partial charge in [-0.05, 0) is 70.6 Å². The fourth-order valence-electron chi connectivity index (χ4n) is 7.42. The van der Waals surface area contributed by atoms with Gasteiger partial charge in [-0.3, -0.25) is 14.4 Å². The van der Waals surface area contributed by atoms with Crippen LogP contribution in [-0.4, -0.2) is 37.2 Å². The molecule has 0 aliphatic carbocycles. The minimum absolute atomic E-state index is 0.0763. The summed E-state index contributed by atoms with van der Waals surface area (Å²) in [4.78, 5) is 37.9. The number of carbonyl (C=O) groups excluding carboxylic acids is 3. The lowest BCUT2D eigenvalue weighted by molar-refractivity contribution is -0.167. The Labute approximate surface area is 372 Å². The Morgan fingerprint density at radius 3 is 1.03 bits per heavy atom. The number of ether oxygens (including phenoxy) is 3. The van der Waals surface area contributed by atoms with E-state index in [1.54, 1.807) is 0 Å². The smallest absolute Gasteiger partial charge is 0.306 e. The van der Waals surface area contributed by atoms with Gasteiger partial charge in [0.25, 0.3) is 0 Å². The lowest BCUT2D eigenvalue weighted by Crippen LogP contribution is -2.30. The molecular formula is C54H98O6. The van der Waals surface area contributed by atoms with Gasteiger partial charge in [0, 0.05) is 19.3 Å². The van der Waals surface area contributed by atoms with E-state index in [9.17, 15) is 14.4 Å². The molecule has 6 nitrogen and oxygen atoms in total. The number of unbranched alkanes of at least 4 members (excludes halogenated alkanes) is 30. The number of rotatable bonds is 47. The van der Waals surface area contributed by atoms with Crippen LogP contribution in [0, 0.1) is 0 Å². The van der Waals surface area contributed by atoms with Crippen LogP contribution in [0.15, 0.2) is 36.5 Å². The van der Waals surface area contributed by atoms with Crippen molar-refractivity contribution in [1.29, 1.82) is 0 Å². The third-order valence-electron chi connectivity index (χ3n) is 11.3. The predicted octanol–water partition coefficient (Wildman–Crippen LogP) is 16.9. The second-order valence-corrected chi connectivity index (χ2v) is 17.4. The lowest BCUT2D eigenvalue weighted by atomic mass is 10.0. The topological polar surface area (TPSA) is 78.9 Å². The minimum atomic E-state index is -0.774. The maximum Gasteiger partial charge on any atom is 0.306 e. The van der Waals surface area contributed by atoms with Crippen LogP contribution in [0.2, 0.25) is 0 Å². The van der Waals surface area contributed by atoms with Crippen LogP contribution < -0.4 is 0 Å². The van der Waals surface area contributed by atoms with Gasteiger partial charge < -0.3 is 14.2 Å². The average molecular weight is 843 g/mol. The fourth-order valence-corrected chi connectivity index (χ4v) is 7.42. The van der Waals surface area contributed by atoms with Crippen molar-refractivity contribution in [2.45, 2.75) is 277 Å². The highest BCUT2D eigenvalue weighted by molar-refractivity contribution is 5.71. The van der Waals surface area contributed by atoms with Crippen LogP contribution in [0.1, 0.15) is 271 Å². The van der Waals surface area contributed by atoms with Gasteiger partial charge in [-0.1, -0.05) is 218 Å². The summed E-state index contributed by atoms with van der Waals surface area (Å²) in [6, 6.07) is 0. The first kappa shape index (κ1) is 57.6. The van der Waals surface area contributed by atoms with Gasteiger partial charge in [-0.15, -0.1) is 0 Å². The second kappa shape index (κ2) is 49.3. The molecule has 0 saturated heterocycles. The highest BCUT2D eigenvalue weighted by Gasteiger charge is 2.19. The van der Waals surface area contributed by atoms with E-state index in [1.165, 1.54) is 148 Å². The normalized spacial score (nSPS) is 12.2. The van der Waals surface area contributed by atoms with Crippen molar-refractivity contribution in [3.63, 3.8) is 0 Å². The molecule has 0 aliphatic heterocycles. The van der Waals surface area contributed by atoms with Gasteiger partial charge in [-0.2, -0.15) is 0 Å². The monoisotopic (exact) mass is 843 g/mol. The molecular weight excluding hydrogens is 745 g/mol. The Bertz CT molecular complexity index is 1020. The fraction of sp³-hybridized carbons (Fsp3) is 0.833. The molecule has 0 amide bonds. The molecule has 0 saturated carbocycles. The predicted molar refractivity (Wildman–Crippen MR) is 256 cm³/mol. The highest BCUT2D eigenvalue weighted by atomic mass is 16.6. The molecule has 0 aromatic carbocycles. The third-order valence-corrected chi connectivity index (χ3v) is 11.3. The Morgan fingerprint density at radius 1 is 0.333 bits per heavy atom. The molecule has 350 valence electrons. The average Bonchev–Trinajstić information content (AvgIpc) is 3.24. The summed E-state index contributed by atoms with van der Waals surface area (Å²) in [5.41, 5.74) is 0. The second-order valence-electron chi connectivity index (χ2n) is 17.4. The van der Waals surface area contributed by atoms with E-state index in [0.29, 0.717) is 19.3 Å². The standard InChI is InChI=1S/C54H98O6/c1-4-7-10-13-16-19-22-24-26-27-29-30-32-35-38-41-44-47-53(56)59-50-51(49-58-52(55)46-43-40-37-34-21-18-15-12-9-6-3)60-54(57)48-45-42-39-36-33-31-28-25-23-20-17-14-11-8-5-2/h12,15-16,19,24,26,51H,4-11,13-14,17-18,20-23,25,27-50H2,1-3H3/b15-12-,19-16-,26-24-. The zero-order valence-corrected chi connectivity index (χ0v) is 40.0. The van der Waals surface area contributed by atoms with Gasteiger partial charge in [0.05, 0.1) is 0 Å². The molecule has 6 heteroatoms. The summed E-state index contributed by atoms with van der Waals surface area (Å²) >= 11 is 0.